The number of hydrogen-bond acceptors (Lipinski definition) is 3. The van der Waals surface area contributed by atoms with Crippen LogP contribution in [0.3, 0.4) is 0 Å². The highest BCUT2D eigenvalue weighted by molar-refractivity contribution is 6.48. The zero-order valence-electron chi connectivity index (χ0n) is 15.4. The van der Waals surface area contributed by atoms with Crippen LogP contribution < -0.4 is 11.1 Å². The Morgan fingerprint density at radius 2 is 1.57 bits per heavy atom. The van der Waals surface area contributed by atoms with Gasteiger partial charge in [0.1, 0.15) is 16.9 Å². The summed E-state index contributed by atoms with van der Waals surface area (Å²) in [6.07, 6.45) is -9.82. The first kappa shape index (κ1) is 24.8. The fourth-order valence-electron chi connectivity index (χ4n) is 3.45. The predicted molar refractivity (Wildman–Crippen MR) is 105 cm³/mol. The molecule has 0 spiro atoms. The first-order valence-corrected chi connectivity index (χ1v) is 9.41. The minimum Gasteiger partial charge on any atom is -0.355 e. The molecule has 3 nitrogen and oxygen atoms in total. The highest BCUT2D eigenvalue weighted by atomic mass is 35.5. The highest BCUT2D eigenvalue weighted by Gasteiger charge is 2.59. The van der Waals surface area contributed by atoms with Crippen LogP contribution in [0.25, 0.3) is 0 Å². The smallest absolute Gasteiger partial charge is 0.355 e. The van der Waals surface area contributed by atoms with Crippen molar-refractivity contribution >= 4 is 40.6 Å². The number of anilines is 1. The summed E-state index contributed by atoms with van der Waals surface area (Å²) in [6.45, 7) is 0.462. The summed E-state index contributed by atoms with van der Waals surface area (Å²) in [4.78, 5) is 4.76. The van der Waals surface area contributed by atoms with Crippen molar-refractivity contribution in [3.8, 4) is 0 Å². The lowest BCUT2D eigenvalue weighted by Crippen LogP contribution is -2.45. The topological polar surface area (TPSA) is 51.1 Å². The van der Waals surface area contributed by atoms with Crippen molar-refractivity contribution < 1.29 is 26.3 Å². The predicted octanol–water partition coefficient (Wildman–Crippen LogP) is 7.24. The quantitative estimate of drug-likeness (QED) is 0.354. The van der Waals surface area contributed by atoms with Gasteiger partial charge in [0.05, 0.1) is 15.1 Å². The maximum atomic E-state index is 14.1. The summed E-state index contributed by atoms with van der Waals surface area (Å²) < 4.78 is 81.9. The van der Waals surface area contributed by atoms with E-state index in [2.05, 4.69) is 4.98 Å². The monoisotopic (exact) mass is 493 g/mol. The third kappa shape index (κ3) is 4.30. The SMILES string of the molecule is Cc1ccc(N2CCC(c3cc(Cl)c(Cl)c(Cl)c3)(C(F)(F)F)C2)nc1C(F)(F)F.N. The van der Waals surface area contributed by atoms with Gasteiger partial charge in [-0.3, -0.25) is 0 Å². The molecule has 2 heterocycles. The number of rotatable bonds is 2. The first-order chi connectivity index (χ1) is 13.3. The van der Waals surface area contributed by atoms with Gasteiger partial charge >= 0.3 is 12.4 Å². The third-order valence-corrected chi connectivity index (χ3v) is 6.22. The Kier molecular flexibility index (Phi) is 6.84. The number of nitrogens with zero attached hydrogens (tertiary/aromatic N) is 2. The molecule has 1 atom stereocenters. The van der Waals surface area contributed by atoms with Crippen molar-refractivity contribution in [2.45, 2.75) is 31.1 Å². The molecule has 0 bridgehead atoms. The minimum absolute atomic E-state index is 0. The average Bonchev–Trinajstić information content (AvgIpc) is 3.05. The number of aryl methyl sites for hydroxylation is 1. The van der Waals surface area contributed by atoms with Crippen LogP contribution >= 0.6 is 34.8 Å². The normalized spacial score (nSPS) is 19.7. The Hall–Kier alpha value is -1.42. The van der Waals surface area contributed by atoms with E-state index in [1.165, 1.54) is 24.0 Å². The van der Waals surface area contributed by atoms with E-state index in [0.29, 0.717) is 0 Å². The Balaban J connectivity index is 0.00000320. The van der Waals surface area contributed by atoms with Crippen LogP contribution in [-0.4, -0.2) is 24.2 Å². The van der Waals surface area contributed by atoms with Crippen LogP contribution in [0.2, 0.25) is 15.1 Å². The van der Waals surface area contributed by atoms with Crippen molar-refractivity contribution in [2.75, 3.05) is 18.0 Å². The van der Waals surface area contributed by atoms with E-state index in [1.54, 1.807) is 0 Å². The fraction of sp³-hybridized carbons (Fsp3) is 0.389. The number of benzene rings is 1. The molecule has 3 rings (SSSR count). The van der Waals surface area contributed by atoms with Gasteiger partial charge < -0.3 is 11.1 Å². The lowest BCUT2D eigenvalue weighted by Gasteiger charge is -2.33. The standard InChI is InChI=1S/C18H13Cl3F6N2.H3N/c1-9-2-3-13(28-15(9)17(22,23)24)29-5-4-16(8-29,18(25,26)27)10-6-11(19)14(21)12(20)7-10;/h2-3,6-7H,4-5,8H2,1H3;1H3. The summed E-state index contributed by atoms with van der Waals surface area (Å²) in [7, 11) is 0. The van der Waals surface area contributed by atoms with Crippen molar-refractivity contribution in [3.63, 3.8) is 0 Å². The molecule has 30 heavy (non-hydrogen) atoms. The maximum Gasteiger partial charge on any atom is 0.433 e. The van der Waals surface area contributed by atoms with Crippen LogP contribution in [0.15, 0.2) is 24.3 Å². The zero-order valence-corrected chi connectivity index (χ0v) is 17.7. The molecular formula is C18H16Cl3F6N3. The van der Waals surface area contributed by atoms with Gasteiger partial charge in [0, 0.05) is 13.1 Å². The van der Waals surface area contributed by atoms with E-state index in [0.717, 1.165) is 12.1 Å². The van der Waals surface area contributed by atoms with Gasteiger partial charge in [-0.1, -0.05) is 40.9 Å². The number of halogens is 9. The Morgan fingerprint density at radius 3 is 2.07 bits per heavy atom. The van der Waals surface area contributed by atoms with E-state index in [-0.39, 0.29) is 44.7 Å². The van der Waals surface area contributed by atoms with Crippen molar-refractivity contribution in [2.24, 2.45) is 0 Å². The summed E-state index contributed by atoms with van der Waals surface area (Å²) in [5.74, 6) is -0.180. The molecule has 1 fully saturated rings. The fourth-order valence-corrected chi connectivity index (χ4v) is 4.05. The Bertz CT molecular complexity index is 925. The molecule has 1 unspecified atom stereocenters. The van der Waals surface area contributed by atoms with Crippen molar-refractivity contribution in [3.05, 3.63) is 56.2 Å². The Morgan fingerprint density at radius 1 is 1.00 bits per heavy atom. The molecule has 12 heteroatoms. The minimum atomic E-state index is -4.71. The van der Waals surface area contributed by atoms with Gasteiger partial charge in [0.2, 0.25) is 0 Å². The Labute approximate surface area is 183 Å². The largest absolute Gasteiger partial charge is 0.433 e. The van der Waals surface area contributed by atoms with Gasteiger partial charge in [-0.2, -0.15) is 26.3 Å². The summed E-state index contributed by atoms with van der Waals surface area (Å²) in [5, 5.41) is -0.340. The molecule has 1 aromatic heterocycles. The number of aromatic nitrogens is 1. The van der Waals surface area contributed by atoms with Gasteiger partial charge in [-0.25, -0.2) is 4.98 Å². The van der Waals surface area contributed by atoms with E-state index < -0.39 is 36.4 Å². The third-order valence-electron chi connectivity index (χ3n) is 5.02. The van der Waals surface area contributed by atoms with Gasteiger partial charge in [-0.05, 0) is 42.7 Å². The van der Waals surface area contributed by atoms with Gasteiger partial charge in [0.25, 0.3) is 0 Å². The van der Waals surface area contributed by atoms with Crippen LogP contribution in [0.1, 0.15) is 23.2 Å². The second-order valence-corrected chi connectivity index (χ2v) is 8.03. The highest BCUT2D eigenvalue weighted by Crippen LogP contribution is 2.50. The van der Waals surface area contributed by atoms with Crippen molar-refractivity contribution in [1.29, 1.82) is 0 Å². The van der Waals surface area contributed by atoms with Crippen molar-refractivity contribution in [1.82, 2.24) is 11.1 Å². The zero-order chi connectivity index (χ0) is 21.8. The van der Waals surface area contributed by atoms with E-state index in [1.807, 2.05) is 0 Å². The average molecular weight is 495 g/mol. The summed E-state index contributed by atoms with van der Waals surface area (Å²) in [6, 6.07) is 4.65. The molecule has 1 saturated heterocycles. The maximum absolute atomic E-state index is 14.1. The van der Waals surface area contributed by atoms with E-state index >= 15 is 0 Å². The van der Waals surface area contributed by atoms with Crippen LogP contribution in [0, 0.1) is 6.92 Å². The molecule has 0 aliphatic carbocycles. The molecule has 3 N–H and O–H groups in total. The lowest BCUT2D eigenvalue weighted by molar-refractivity contribution is -0.184. The molecule has 1 aromatic carbocycles. The van der Waals surface area contributed by atoms with Gasteiger partial charge in [-0.15, -0.1) is 0 Å². The van der Waals surface area contributed by atoms with Crippen LogP contribution in [0.4, 0.5) is 32.2 Å². The van der Waals surface area contributed by atoms with Gasteiger partial charge in [0.15, 0.2) is 0 Å². The molecular weight excluding hydrogens is 479 g/mol. The molecule has 0 radical (unpaired) electrons. The summed E-state index contributed by atoms with van der Waals surface area (Å²) in [5.41, 5.74) is -3.82. The van der Waals surface area contributed by atoms with Crippen LogP contribution in [-0.2, 0) is 11.6 Å². The lowest BCUT2D eigenvalue weighted by atomic mass is 9.79. The molecule has 1 aliphatic heterocycles. The molecule has 2 aromatic rings. The second kappa shape index (κ2) is 8.26. The number of hydrogen-bond donors (Lipinski definition) is 1. The van der Waals surface area contributed by atoms with Crippen LogP contribution in [0.5, 0.6) is 0 Å². The molecule has 0 amide bonds. The number of alkyl halides is 6. The second-order valence-electron chi connectivity index (χ2n) is 6.84. The summed E-state index contributed by atoms with van der Waals surface area (Å²) >= 11 is 17.7. The molecule has 0 saturated carbocycles. The first-order valence-electron chi connectivity index (χ1n) is 8.28. The van der Waals surface area contributed by atoms with E-state index in [9.17, 15) is 26.3 Å². The van der Waals surface area contributed by atoms with E-state index in [4.69, 9.17) is 34.8 Å². The molecule has 1 aliphatic rings. The molecule has 166 valence electrons. The number of pyridine rings is 1.